The molecule has 1 aromatic heterocycles. The number of hydrogen-bond acceptors (Lipinski definition) is 6. The van der Waals surface area contributed by atoms with Gasteiger partial charge in [-0.2, -0.15) is 4.98 Å². The number of carbonyl (C=O) groups excluding carboxylic acids is 1. The van der Waals surface area contributed by atoms with Gasteiger partial charge < -0.3 is 24.0 Å². The number of ether oxygens (including phenoxy) is 3. The summed E-state index contributed by atoms with van der Waals surface area (Å²) < 4.78 is 16.1. The number of nitrogens with zero attached hydrogens (tertiary/aromatic N) is 4. The van der Waals surface area contributed by atoms with Gasteiger partial charge >= 0.3 is 6.03 Å². The van der Waals surface area contributed by atoms with Crippen molar-refractivity contribution < 1.29 is 19.0 Å². The zero-order chi connectivity index (χ0) is 15.4. The first kappa shape index (κ1) is 14.8. The normalized spacial score (nSPS) is 21.8. The van der Waals surface area contributed by atoms with Gasteiger partial charge in [-0.3, -0.25) is 4.98 Å². The number of carbonyl (C=O) groups is 1. The number of morpholine rings is 1. The molecule has 0 unspecified atom stereocenters. The molecule has 22 heavy (non-hydrogen) atoms. The van der Waals surface area contributed by atoms with E-state index in [2.05, 4.69) is 9.97 Å². The van der Waals surface area contributed by atoms with Gasteiger partial charge in [-0.1, -0.05) is 0 Å². The second-order valence-corrected chi connectivity index (χ2v) is 5.26. The van der Waals surface area contributed by atoms with Crippen molar-refractivity contribution in [1.29, 1.82) is 0 Å². The van der Waals surface area contributed by atoms with E-state index in [0.29, 0.717) is 51.2 Å². The number of methoxy groups -OCH3 is 1. The summed E-state index contributed by atoms with van der Waals surface area (Å²) in [7, 11) is 1.53. The van der Waals surface area contributed by atoms with Crippen LogP contribution in [-0.4, -0.2) is 78.4 Å². The topological polar surface area (TPSA) is 77.0 Å². The highest BCUT2D eigenvalue weighted by molar-refractivity contribution is 5.74. The van der Waals surface area contributed by atoms with Crippen LogP contribution < -0.4 is 9.47 Å². The lowest BCUT2D eigenvalue weighted by atomic mass is 10.3. The van der Waals surface area contributed by atoms with Crippen LogP contribution in [0.4, 0.5) is 4.79 Å². The second-order valence-electron chi connectivity index (χ2n) is 5.26. The predicted octanol–water partition coefficient (Wildman–Crippen LogP) is 0.390. The van der Waals surface area contributed by atoms with E-state index < -0.39 is 0 Å². The third-order valence-corrected chi connectivity index (χ3v) is 3.78. The van der Waals surface area contributed by atoms with Crippen LogP contribution in [0.1, 0.15) is 6.42 Å². The molecule has 3 rings (SSSR count). The van der Waals surface area contributed by atoms with Crippen LogP contribution in [0.5, 0.6) is 11.8 Å². The van der Waals surface area contributed by atoms with E-state index in [1.54, 1.807) is 6.20 Å². The molecule has 2 fully saturated rings. The van der Waals surface area contributed by atoms with E-state index in [0.717, 1.165) is 6.42 Å². The van der Waals surface area contributed by atoms with Crippen molar-refractivity contribution in [3.63, 3.8) is 0 Å². The predicted molar refractivity (Wildman–Crippen MR) is 77.0 cm³/mol. The Morgan fingerprint density at radius 1 is 1.23 bits per heavy atom. The molecule has 2 amide bonds. The Balaban J connectivity index is 1.54. The highest BCUT2D eigenvalue weighted by atomic mass is 16.5. The number of urea groups is 1. The molecule has 8 nitrogen and oxygen atoms in total. The molecule has 0 N–H and O–H groups in total. The summed E-state index contributed by atoms with van der Waals surface area (Å²) >= 11 is 0. The summed E-state index contributed by atoms with van der Waals surface area (Å²) in [5, 5.41) is 0. The Morgan fingerprint density at radius 3 is 2.77 bits per heavy atom. The molecular formula is C14H20N4O4. The molecule has 0 aromatic carbocycles. The van der Waals surface area contributed by atoms with Crippen molar-refractivity contribution in [2.45, 2.75) is 12.5 Å². The summed E-state index contributed by atoms with van der Waals surface area (Å²) in [4.78, 5) is 24.2. The lowest BCUT2D eigenvalue weighted by Crippen LogP contribution is -2.47. The van der Waals surface area contributed by atoms with Gasteiger partial charge in [0.05, 0.1) is 39.3 Å². The van der Waals surface area contributed by atoms with Crippen molar-refractivity contribution in [3.8, 4) is 11.8 Å². The molecule has 2 aliphatic heterocycles. The third-order valence-electron chi connectivity index (χ3n) is 3.78. The van der Waals surface area contributed by atoms with E-state index in [1.165, 1.54) is 13.3 Å². The van der Waals surface area contributed by atoms with Gasteiger partial charge in [0.25, 0.3) is 0 Å². The number of aromatic nitrogens is 2. The van der Waals surface area contributed by atoms with Crippen LogP contribution in [0.2, 0.25) is 0 Å². The molecular weight excluding hydrogens is 288 g/mol. The Labute approximate surface area is 129 Å². The fourth-order valence-corrected chi connectivity index (χ4v) is 2.61. The van der Waals surface area contributed by atoms with Crippen LogP contribution in [0.3, 0.4) is 0 Å². The Hall–Kier alpha value is -2.09. The average Bonchev–Trinajstić information content (AvgIpc) is 3.03. The minimum atomic E-state index is -0.0635. The Morgan fingerprint density at radius 2 is 2.00 bits per heavy atom. The molecule has 8 heteroatoms. The lowest BCUT2D eigenvalue weighted by Gasteiger charge is -2.30. The van der Waals surface area contributed by atoms with Crippen LogP contribution in [0.15, 0.2) is 12.4 Å². The molecule has 1 aromatic rings. The number of likely N-dealkylation sites (tertiary alicyclic amines) is 1. The van der Waals surface area contributed by atoms with Crippen molar-refractivity contribution >= 4 is 6.03 Å². The third kappa shape index (κ3) is 3.38. The van der Waals surface area contributed by atoms with Gasteiger partial charge in [0.2, 0.25) is 11.8 Å². The monoisotopic (exact) mass is 308 g/mol. The van der Waals surface area contributed by atoms with E-state index in [-0.39, 0.29) is 12.1 Å². The molecule has 2 aliphatic rings. The maximum atomic E-state index is 12.4. The van der Waals surface area contributed by atoms with Crippen molar-refractivity contribution in [3.05, 3.63) is 12.4 Å². The minimum absolute atomic E-state index is 0.0612. The van der Waals surface area contributed by atoms with Crippen molar-refractivity contribution in [1.82, 2.24) is 19.8 Å². The summed E-state index contributed by atoms with van der Waals surface area (Å²) in [6.45, 7) is 3.79. The summed E-state index contributed by atoms with van der Waals surface area (Å²) in [5.74, 6) is 0.835. The fraction of sp³-hybridized carbons (Fsp3) is 0.643. The maximum absolute atomic E-state index is 12.4. The minimum Gasteiger partial charge on any atom is -0.480 e. The van der Waals surface area contributed by atoms with Gasteiger partial charge in [0.1, 0.15) is 6.10 Å². The fourth-order valence-electron chi connectivity index (χ4n) is 2.61. The summed E-state index contributed by atoms with van der Waals surface area (Å²) in [5.41, 5.74) is 0. The average molecular weight is 308 g/mol. The molecule has 0 aliphatic carbocycles. The Kier molecular flexibility index (Phi) is 4.57. The van der Waals surface area contributed by atoms with Crippen molar-refractivity contribution in [2.24, 2.45) is 0 Å². The first-order valence-corrected chi connectivity index (χ1v) is 7.40. The zero-order valence-corrected chi connectivity index (χ0v) is 12.6. The molecule has 2 saturated heterocycles. The molecule has 3 heterocycles. The summed E-state index contributed by atoms with van der Waals surface area (Å²) in [6.07, 6.45) is 3.80. The van der Waals surface area contributed by atoms with E-state index in [1.807, 2.05) is 9.80 Å². The van der Waals surface area contributed by atoms with Crippen LogP contribution in [0, 0.1) is 0 Å². The molecule has 0 spiro atoms. The van der Waals surface area contributed by atoms with Gasteiger partial charge in [-0.25, -0.2) is 4.79 Å². The zero-order valence-electron chi connectivity index (χ0n) is 12.6. The molecule has 120 valence electrons. The van der Waals surface area contributed by atoms with Gasteiger partial charge in [-0.05, 0) is 0 Å². The smallest absolute Gasteiger partial charge is 0.320 e. The van der Waals surface area contributed by atoms with Crippen LogP contribution in [-0.2, 0) is 4.74 Å². The quantitative estimate of drug-likeness (QED) is 0.804. The maximum Gasteiger partial charge on any atom is 0.320 e. The van der Waals surface area contributed by atoms with Gasteiger partial charge in [0.15, 0.2) is 0 Å². The van der Waals surface area contributed by atoms with E-state index >= 15 is 0 Å². The van der Waals surface area contributed by atoms with Gasteiger partial charge in [-0.15, -0.1) is 0 Å². The first-order valence-electron chi connectivity index (χ1n) is 7.40. The SMILES string of the molecule is COc1cncc(O[C@H]2CCN(C(=O)N3CCOCC3)C2)n1. The Bertz CT molecular complexity index is 521. The highest BCUT2D eigenvalue weighted by Gasteiger charge is 2.31. The number of hydrogen-bond donors (Lipinski definition) is 0. The first-order chi connectivity index (χ1) is 10.8. The largest absolute Gasteiger partial charge is 0.480 e. The molecule has 0 radical (unpaired) electrons. The molecule has 1 atom stereocenters. The summed E-state index contributed by atoms with van der Waals surface area (Å²) in [6, 6.07) is 0.0612. The van der Waals surface area contributed by atoms with E-state index in [4.69, 9.17) is 14.2 Å². The van der Waals surface area contributed by atoms with E-state index in [9.17, 15) is 4.79 Å². The van der Waals surface area contributed by atoms with Gasteiger partial charge in [0, 0.05) is 26.1 Å². The van der Waals surface area contributed by atoms with Crippen LogP contribution >= 0.6 is 0 Å². The highest BCUT2D eigenvalue weighted by Crippen LogP contribution is 2.19. The number of rotatable bonds is 3. The second kappa shape index (κ2) is 6.78. The van der Waals surface area contributed by atoms with Crippen LogP contribution in [0.25, 0.3) is 0 Å². The lowest BCUT2D eigenvalue weighted by molar-refractivity contribution is 0.0443. The molecule has 0 bridgehead atoms. The van der Waals surface area contributed by atoms with Crippen molar-refractivity contribution in [2.75, 3.05) is 46.5 Å². The standard InChI is InChI=1S/C14H20N4O4/c1-20-12-8-15-9-13(16-12)22-11-2-3-18(10-11)14(19)17-4-6-21-7-5-17/h8-9,11H,2-7,10H2,1H3/t11-/m0/s1. The molecule has 0 saturated carbocycles. The number of amides is 2.